The van der Waals surface area contributed by atoms with Crippen LogP contribution >= 0.6 is 45.9 Å². The van der Waals surface area contributed by atoms with Gasteiger partial charge in [0.2, 0.25) is 5.13 Å². The number of aromatic nitrogens is 2. The maximum absolute atomic E-state index is 12.2. The highest BCUT2D eigenvalue weighted by Crippen LogP contribution is 2.32. The summed E-state index contributed by atoms with van der Waals surface area (Å²) >= 11 is 14.7. The van der Waals surface area contributed by atoms with Crippen LogP contribution in [0.15, 0.2) is 30.3 Å². The molecule has 2 aromatic heterocycles. The zero-order valence-electron chi connectivity index (χ0n) is 11.3. The predicted octanol–water partition coefficient (Wildman–Crippen LogP) is 5.13. The van der Waals surface area contributed by atoms with Crippen LogP contribution in [0.1, 0.15) is 14.7 Å². The summed E-state index contributed by atoms with van der Waals surface area (Å²) in [7, 11) is 0. The molecule has 22 heavy (non-hydrogen) atoms. The van der Waals surface area contributed by atoms with Gasteiger partial charge in [0.25, 0.3) is 5.91 Å². The molecule has 0 aliphatic carbocycles. The topological polar surface area (TPSA) is 54.9 Å². The summed E-state index contributed by atoms with van der Waals surface area (Å²) in [6.45, 7) is 1.83. The molecule has 0 unspecified atom stereocenters. The first kappa shape index (κ1) is 15.4. The van der Waals surface area contributed by atoms with Crippen LogP contribution in [-0.2, 0) is 0 Å². The molecule has 0 radical (unpaired) electrons. The fourth-order valence-electron chi connectivity index (χ4n) is 1.82. The molecule has 1 amide bonds. The highest BCUT2D eigenvalue weighted by atomic mass is 35.5. The van der Waals surface area contributed by atoms with Crippen molar-refractivity contribution in [2.75, 3.05) is 5.32 Å². The standard InChI is InChI=1S/C14H9Cl2N3OS2/c1-7-18-19-14(21-7)17-13(20)12-3-2-11(22-12)8-4-9(15)6-10(16)5-8/h2-6H,1H3,(H,17,19,20). The van der Waals surface area contributed by atoms with E-state index < -0.39 is 0 Å². The molecule has 0 aliphatic rings. The number of carbonyl (C=O) groups excluding carboxylic acids is 1. The molecule has 0 atom stereocenters. The maximum atomic E-state index is 12.2. The molecule has 0 aliphatic heterocycles. The van der Waals surface area contributed by atoms with Crippen molar-refractivity contribution in [1.29, 1.82) is 0 Å². The number of nitrogens with one attached hydrogen (secondary N) is 1. The van der Waals surface area contributed by atoms with Gasteiger partial charge in [-0.1, -0.05) is 34.5 Å². The van der Waals surface area contributed by atoms with Crippen molar-refractivity contribution in [3.8, 4) is 10.4 Å². The van der Waals surface area contributed by atoms with E-state index in [1.165, 1.54) is 22.7 Å². The predicted molar refractivity (Wildman–Crippen MR) is 92.4 cm³/mol. The third kappa shape index (κ3) is 3.47. The van der Waals surface area contributed by atoms with Crippen molar-refractivity contribution in [1.82, 2.24) is 10.2 Å². The van der Waals surface area contributed by atoms with Crippen LogP contribution in [0.5, 0.6) is 0 Å². The van der Waals surface area contributed by atoms with Gasteiger partial charge in [-0.3, -0.25) is 10.1 Å². The minimum absolute atomic E-state index is 0.208. The van der Waals surface area contributed by atoms with Gasteiger partial charge < -0.3 is 0 Å². The van der Waals surface area contributed by atoms with E-state index in [2.05, 4.69) is 15.5 Å². The number of amides is 1. The summed E-state index contributed by atoms with van der Waals surface area (Å²) in [6.07, 6.45) is 0. The average Bonchev–Trinajstić information content (AvgIpc) is 3.07. The lowest BCUT2D eigenvalue weighted by molar-refractivity contribution is 0.103. The van der Waals surface area contributed by atoms with E-state index in [4.69, 9.17) is 23.2 Å². The molecule has 1 N–H and O–H groups in total. The van der Waals surface area contributed by atoms with Crippen molar-refractivity contribution in [2.45, 2.75) is 6.92 Å². The van der Waals surface area contributed by atoms with E-state index in [-0.39, 0.29) is 5.91 Å². The first-order chi connectivity index (χ1) is 10.5. The van der Waals surface area contributed by atoms with Crippen LogP contribution in [-0.4, -0.2) is 16.1 Å². The Hall–Kier alpha value is -1.47. The molecule has 1 aromatic carbocycles. The number of aryl methyl sites for hydroxylation is 1. The first-order valence-electron chi connectivity index (χ1n) is 6.19. The Balaban J connectivity index is 1.82. The van der Waals surface area contributed by atoms with E-state index in [9.17, 15) is 4.79 Å². The Labute approximate surface area is 144 Å². The minimum Gasteiger partial charge on any atom is -0.296 e. The summed E-state index contributed by atoms with van der Waals surface area (Å²) in [4.78, 5) is 13.7. The van der Waals surface area contributed by atoms with Gasteiger partial charge in [0.05, 0.1) is 4.88 Å². The Morgan fingerprint density at radius 3 is 2.45 bits per heavy atom. The van der Waals surface area contributed by atoms with Crippen molar-refractivity contribution in [2.24, 2.45) is 0 Å². The van der Waals surface area contributed by atoms with Crippen molar-refractivity contribution in [3.05, 3.63) is 50.3 Å². The quantitative estimate of drug-likeness (QED) is 0.695. The molecular formula is C14H9Cl2N3OS2. The van der Waals surface area contributed by atoms with Crippen molar-refractivity contribution >= 4 is 56.9 Å². The number of hydrogen-bond donors (Lipinski definition) is 1. The fraction of sp³-hybridized carbons (Fsp3) is 0.0714. The van der Waals surface area contributed by atoms with E-state index in [1.54, 1.807) is 12.1 Å². The van der Waals surface area contributed by atoms with Crippen LogP contribution in [0.25, 0.3) is 10.4 Å². The molecule has 112 valence electrons. The van der Waals surface area contributed by atoms with Crippen LogP contribution in [0.4, 0.5) is 5.13 Å². The molecule has 0 saturated carbocycles. The van der Waals surface area contributed by atoms with E-state index in [1.807, 2.05) is 25.1 Å². The first-order valence-corrected chi connectivity index (χ1v) is 8.58. The molecule has 4 nitrogen and oxygen atoms in total. The lowest BCUT2D eigenvalue weighted by atomic mass is 10.2. The third-order valence-corrected chi connectivity index (χ3v) is 5.05. The molecular weight excluding hydrogens is 361 g/mol. The molecule has 0 fully saturated rings. The van der Waals surface area contributed by atoms with E-state index in [0.717, 1.165) is 15.4 Å². The minimum atomic E-state index is -0.208. The number of anilines is 1. The molecule has 3 aromatic rings. The van der Waals surface area contributed by atoms with Gasteiger partial charge in [-0.2, -0.15) is 0 Å². The molecule has 0 spiro atoms. The average molecular weight is 370 g/mol. The summed E-state index contributed by atoms with van der Waals surface area (Å²) in [5.74, 6) is -0.208. The SMILES string of the molecule is Cc1nnc(NC(=O)c2ccc(-c3cc(Cl)cc(Cl)c3)s2)s1. The van der Waals surface area contributed by atoms with Gasteiger partial charge in [-0.15, -0.1) is 21.5 Å². The van der Waals surface area contributed by atoms with Gasteiger partial charge in [0, 0.05) is 14.9 Å². The Morgan fingerprint density at radius 1 is 1.09 bits per heavy atom. The van der Waals surface area contributed by atoms with Crippen LogP contribution in [0.2, 0.25) is 10.0 Å². The number of carbonyl (C=O) groups is 1. The lowest BCUT2D eigenvalue weighted by Crippen LogP contribution is -2.09. The highest BCUT2D eigenvalue weighted by molar-refractivity contribution is 7.18. The molecule has 0 saturated heterocycles. The second-order valence-electron chi connectivity index (χ2n) is 4.40. The molecule has 3 rings (SSSR count). The number of hydrogen-bond acceptors (Lipinski definition) is 5. The Bertz CT molecular complexity index is 824. The smallest absolute Gasteiger partial charge is 0.267 e. The summed E-state index contributed by atoms with van der Waals surface area (Å²) in [5, 5.41) is 12.9. The number of thiophene rings is 1. The normalized spacial score (nSPS) is 10.7. The van der Waals surface area contributed by atoms with Gasteiger partial charge >= 0.3 is 0 Å². The Morgan fingerprint density at radius 2 is 1.82 bits per heavy atom. The van der Waals surface area contributed by atoms with E-state index >= 15 is 0 Å². The number of rotatable bonds is 3. The van der Waals surface area contributed by atoms with Crippen LogP contribution < -0.4 is 5.32 Å². The molecule has 2 heterocycles. The highest BCUT2D eigenvalue weighted by Gasteiger charge is 2.13. The largest absolute Gasteiger partial charge is 0.296 e. The maximum Gasteiger partial charge on any atom is 0.267 e. The third-order valence-electron chi connectivity index (χ3n) is 2.72. The monoisotopic (exact) mass is 369 g/mol. The molecule has 8 heteroatoms. The fourth-order valence-corrected chi connectivity index (χ4v) is 3.82. The lowest BCUT2D eigenvalue weighted by Gasteiger charge is -2.00. The van der Waals surface area contributed by atoms with Crippen LogP contribution in [0.3, 0.4) is 0 Å². The summed E-state index contributed by atoms with van der Waals surface area (Å²) < 4.78 is 0. The van der Waals surface area contributed by atoms with Gasteiger partial charge in [0.15, 0.2) is 0 Å². The van der Waals surface area contributed by atoms with Gasteiger partial charge in [-0.25, -0.2) is 0 Å². The second kappa shape index (κ2) is 6.34. The number of benzene rings is 1. The van der Waals surface area contributed by atoms with Crippen LogP contribution in [0, 0.1) is 6.92 Å². The Kier molecular flexibility index (Phi) is 4.44. The van der Waals surface area contributed by atoms with Gasteiger partial charge in [-0.05, 0) is 42.8 Å². The molecule has 0 bridgehead atoms. The zero-order valence-corrected chi connectivity index (χ0v) is 14.4. The second-order valence-corrected chi connectivity index (χ2v) is 7.54. The van der Waals surface area contributed by atoms with Gasteiger partial charge in [0.1, 0.15) is 5.01 Å². The number of nitrogens with zero attached hydrogens (tertiary/aromatic N) is 2. The van der Waals surface area contributed by atoms with Crippen molar-refractivity contribution < 1.29 is 4.79 Å². The van der Waals surface area contributed by atoms with Crippen molar-refractivity contribution in [3.63, 3.8) is 0 Å². The zero-order chi connectivity index (χ0) is 15.7. The number of halogens is 2. The van der Waals surface area contributed by atoms with E-state index in [0.29, 0.717) is 20.1 Å². The summed E-state index contributed by atoms with van der Waals surface area (Å²) in [5.41, 5.74) is 0.883. The summed E-state index contributed by atoms with van der Waals surface area (Å²) in [6, 6.07) is 8.93.